The first-order valence-corrected chi connectivity index (χ1v) is 11.8. The number of carbonyl (C=O) groups is 1. The van der Waals surface area contributed by atoms with Crippen molar-refractivity contribution in [2.75, 3.05) is 0 Å². The predicted octanol–water partition coefficient (Wildman–Crippen LogP) is 6.75. The lowest BCUT2D eigenvalue weighted by atomic mass is 9.89. The zero-order valence-electron chi connectivity index (χ0n) is 17.3. The van der Waals surface area contributed by atoms with Gasteiger partial charge in [-0.2, -0.15) is 0 Å². The van der Waals surface area contributed by atoms with Gasteiger partial charge in [0.05, 0.1) is 0 Å². The summed E-state index contributed by atoms with van der Waals surface area (Å²) < 4.78 is 6.35. The molecule has 4 rings (SSSR count). The molecule has 0 spiro atoms. The number of aromatic nitrogens is 2. The Kier molecular flexibility index (Phi) is 5.94. The van der Waals surface area contributed by atoms with Crippen molar-refractivity contribution in [2.45, 2.75) is 13.8 Å². The minimum atomic E-state index is 0.0549. The largest absolute Gasteiger partial charge is 0.356 e. The topological polar surface area (TPSA) is 26.9 Å². The smallest absolute Gasteiger partial charge is 0.194 e. The van der Waals surface area contributed by atoms with Crippen molar-refractivity contribution in [3.63, 3.8) is 0 Å². The normalized spacial score (nSPS) is 11.1. The minimum Gasteiger partial charge on any atom is -0.356 e. The van der Waals surface area contributed by atoms with Crippen LogP contribution < -0.4 is 0 Å². The monoisotopic (exact) mass is 620 g/mol. The lowest BCUT2D eigenvalue weighted by Gasteiger charge is -2.13. The number of halogens is 2. The van der Waals surface area contributed by atoms with Gasteiger partial charge in [-0.1, -0.05) is 47.5 Å². The number of rotatable bonds is 4. The second-order valence-corrected chi connectivity index (χ2v) is 10.1. The quantitative estimate of drug-likeness (QED) is 0.183. The highest BCUT2D eigenvalue weighted by Crippen LogP contribution is 2.35. The van der Waals surface area contributed by atoms with Gasteiger partial charge in [0.15, 0.2) is 5.78 Å². The van der Waals surface area contributed by atoms with Gasteiger partial charge in [-0.05, 0) is 70.2 Å². The van der Waals surface area contributed by atoms with E-state index in [-0.39, 0.29) is 5.78 Å². The summed E-state index contributed by atoms with van der Waals surface area (Å²) in [5, 5.41) is 0. The minimum absolute atomic E-state index is 0.0549. The third-order valence-corrected chi connectivity index (χ3v) is 6.95. The Balaban J connectivity index is 1.92. The van der Waals surface area contributed by atoms with Crippen molar-refractivity contribution >= 4 is 51.0 Å². The first-order chi connectivity index (χ1) is 14.2. The molecular formula is C25H22I2N2O. The molecule has 0 aliphatic rings. The lowest BCUT2D eigenvalue weighted by molar-refractivity contribution is 0.104. The summed E-state index contributed by atoms with van der Waals surface area (Å²) in [6, 6.07) is 12.2. The van der Waals surface area contributed by atoms with Crippen LogP contribution in [0.15, 0.2) is 61.2 Å². The Hall–Kier alpha value is -1.87. The van der Waals surface area contributed by atoms with Gasteiger partial charge in [0.25, 0.3) is 0 Å². The highest BCUT2D eigenvalue weighted by Gasteiger charge is 2.22. The number of hydrogen-bond donors (Lipinski definition) is 0. The summed E-state index contributed by atoms with van der Waals surface area (Å²) in [5.74, 6) is 0.0549. The lowest BCUT2D eigenvalue weighted by Crippen LogP contribution is -2.06. The molecule has 0 fully saturated rings. The zero-order chi connectivity index (χ0) is 21.6. The van der Waals surface area contributed by atoms with Crippen LogP contribution in [-0.2, 0) is 14.1 Å². The molecule has 3 nitrogen and oxygen atoms in total. The number of hydrogen-bond acceptors (Lipinski definition) is 1. The SMILES string of the molecule is Cc1ccc(C(=O)c2ccc(C)cc2-c2cn(C)cc2I)c(-c2cn(C)cc2I)c1. The van der Waals surface area contributed by atoms with Crippen LogP contribution in [0.2, 0.25) is 0 Å². The van der Waals surface area contributed by atoms with E-state index in [2.05, 4.69) is 95.9 Å². The van der Waals surface area contributed by atoms with Gasteiger partial charge in [0.2, 0.25) is 0 Å². The molecule has 2 heterocycles. The van der Waals surface area contributed by atoms with E-state index >= 15 is 0 Å². The molecule has 152 valence electrons. The van der Waals surface area contributed by atoms with Gasteiger partial charge in [0, 0.05) is 68.3 Å². The molecule has 0 unspecified atom stereocenters. The Labute approximate surface area is 204 Å². The molecule has 0 aliphatic heterocycles. The number of benzene rings is 2. The van der Waals surface area contributed by atoms with E-state index in [0.29, 0.717) is 0 Å². The summed E-state index contributed by atoms with van der Waals surface area (Å²) >= 11 is 4.69. The molecule has 0 amide bonds. The van der Waals surface area contributed by atoms with Crippen LogP contribution >= 0.6 is 45.2 Å². The fourth-order valence-corrected chi connectivity index (χ4v) is 5.54. The maximum atomic E-state index is 13.9. The summed E-state index contributed by atoms with van der Waals surface area (Å²) in [6.45, 7) is 4.13. The molecule has 2 aromatic carbocycles. The van der Waals surface area contributed by atoms with E-state index in [9.17, 15) is 4.79 Å². The number of ketones is 1. The zero-order valence-corrected chi connectivity index (χ0v) is 21.6. The maximum Gasteiger partial charge on any atom is 0.194 e. The van der Waals surface area contributed by atoms with Crippen LogP contribution in [0.25, 0.3) is 22.3 Å². The number of nitrogens with zero attached hydrogens (tertiary/aromatic N) is 2. The molecule has 0 bridgehead atoms. The molecule has 4 aromatic rings. The molecule has 30 heavy (non-hydrogen) atoms. The Morgan fingerprint density at radius 3 is 1.40 bits per heavy atom. The van der Waals surface area contributed by atoms with Crippen LogP contribution in [0.1, 0.15) is 27.0 Å². The molecule has 0 saturated heterocycles. The fraction of sp³-hybridized carbons (Fsp3) is 0.160. The average molecular weight is 620 g/mol. The molecule has 0 N–H and O–H groups in total. The van der Waals surface area contributed by atoms with E-state index in [4.69, 9.17) is 0 Å². The van der Waals surface area contributed by atoms with Crippen LogP contribution in [0.5, 0.6) is 0 Å². The van der Waals surface area contributed by atoms with Crippen LogP contribution in [-0.4, -0.2) is 14.9 Å². The Morgan fingerprint density at radius 2 is 1.07 bits per heavy atom. The standard InChI is InChI=1S/C25H22I2N2O/c1-15-5-7-17(19(9-15)21-11-28(3)13-23(21)26)25(30)18-8-6-16(2)10-20(18)22-12-29(4)14-24(22)27/h5-14H,1-4H3. The molecule has 0 atom stereocenters. The summed E-state index contributed by atoms with van der Waals surface area (Å²) in [5.41, 5.74) is 7.91. The van der Waals surface area contributed by atoms with Gasteiger partial charge in [-0.15, -0.1) is 0 Å². The van der Waals surface area contributed by atoms with E-state index in [1.165, 1.54) is 0 Å². The Bertz CT molecular complexity index is 1180. The second kappa shape index (κ2) is 8.34. The van der Waals surface area contributed by atoms with E-state index in [0.717, 1.165) is 51.6 Å². The third kappa shape index (κ3) is 4.01. The van der Waals surface area contributed by atoms with Crippen molar-refractivity contribution in [3.05, 3.63) is 90.6 Å². The van der Waals surface area contributed by atoms with Crippen molar-refractivity contribution in [1.29, 1.82) is 0 Å². The van der Waals surface area contributed by atoms with Gasteiger partial charge in [-0.25, -0.2) is 0 Å². The molecular weight excluding hydrogens is 598 g/mol. The van der Waals surface area contributed by atoms with Crippen molar-refractivity contribution in [3.8, 4) is 22.3 Å². The number of carbonyl (C=O) groups excluding carboxylic acids is 1. The average Bonchev–Trinajstić information content (AvgIpc) is 3.20. The van der Waals surface area contributed by atoms with Gasteiger partial charge in [0.1, 0.15) is 0 Å². The van der Waals surface area contributed by atoms with Gasteiger partial charge in [-0.3, -0.25) is 4.79 Å². The maximum absolute atomic E-state index is 13.9. The predicted molar refractivity (Wildman–Crippen MR) is 140 cm³/mol. The summed E-state index contributed by atoms with van der Waals surface area (Å²) in [4.78, 5) is 13.9. The van der Waals surface area contributed by atoms with Crippen molar-refractivity contribution in [1.82, 2.24) is 9.13 Å². The van der Waals surface area contributed by atoms with E-state index in [1.54, 1.807) is 0 Å². The third-order valence-electron chi connectivity index (χ3n) is 5.23. The molecule has 2 aromatic heterocycles. The van der Waals surface area contributed by atoms with Crippen LogP contribution in [0.4, 0.5) is 0 Å². The summed E-state index contributed by atoms with van der Waals surface area (Å²) in [6.07, 6.45) is 8.33. The first kappa shape index (κ1) is 21.4. The van der Waals surface area contributed by atoms with Crippen molar-refractivity contribution in [2.24, 2.45) is 14.1 Å². The first-order valence-electron chi connectivity index (χ1n) is 9.64. The fourth-order valence-electron chi connectivity index (χ4n) is 3.80. The van der Waals surface area contributed by atoms with Crippen LogP contribution in [0, 0.1) is 21.0 Å². The van der Waals surface area contributed by atoms with Crippen LogP contribution in [0.3, 0.4) is 0 Å². The van der Waals surface area contributed by atoms with Gasteiger partial charge < -0.3 is 9.13 Å². The highest BCUT2D eigenvalue weighted by atomic mass is 127. The molecule has 0 radical (unpaired) electrons. The van der Waals surface area contributed by atoms with Crippen molar-refractivity contribution < 1.29 is 4.79 Å². The molecule has 0 aliphatic carbocycles. The van der Waals surface area contributed by atoms with E-state index < -0.39 is 0 Å². The molecule has 5 heteroatoms. The molecule has 0 saturated carbocycles. The summed E-state index contributed by atoms with van der Waals surface area (Å²) in [7, 11) is 4.02. The van der Waals surface area contributed by atoms with Gasteiger partial charge >= 0.3 is 0 Å². The highest BCUT2D eigenvalue weighted by molar-refractivity contribution is 14.1. The second-order valence-electron chi connectivity index (χ2n) is 7.80. The Morgan fingerprint density at radius 1 is 0.667 bits per heavy atom. The number of aryl methyl sites for hydroxylation is 4. The van der Waals surface area contributed by atoms with E-state index in [1.807, 2.05) is 47.5 Å².